The van der Waals surface area contributed by atoms with Gasteiger partial charge in [0.15, 0.2) is 0 Å². The number of ether oxygens (including phenoxy) is 1. The van der Waals surface area contributed by atoms with Crippen molar-refractivity contribution >= 4 is 18.0 Å². The fourth-order valence-corrected chi connectivity index (χ4v) is 1.94. The minimum Gasteiger partial charge on any atom is -0.480 e. The quantitative estimate of drug-likeness (QED) is 0.573. The van der Waals surface area contributed by atoms with Crippen LogP contribution in [0.2, 0.25) is 0 Å². The number of carbonyl (C=O) groups is 3. The molecule has 0 aromatic heterocycles. The van der Waals surface area contributed by atoms with Crippen molar-refractivity contribution in [3.05, 3.63) is 35.9 Å². The SMILES string of the molecule is O=C(NC(CCCCNC(=O)C(F)(F)F)C(=O)O)OCc1ccccc1. The molecular formula is C16H19F3N2O5. The van der Waals surface area contributed by atoms with E-state index in [4.69, 9.17) is 9.84 Å². The van der Waals surface area contributed by atoms with Gasteiger partial charge in [0.1, 0.15) is 12.6 Å². The molecule has 7 nitrogen and oxygen atoms in total. The van der Waals surface area contributed by atoms with Crippen LogP contribution in [0.15, 0.2) is 30.3 Å². The number of aliphatic carboxylic acids is 1. The first-order valence-corrected chi connectivity index (χ1v) is 7.75. The fraction of sp³-hybridized carbons (Fsp3) is 0.438. The van der Waals surface area contributed by atoms with Gasteiger partial charge >= 0.3 is 24.1 Å². The van der Waals surface area contributed by atoms with Crippen LogP contribution in [0.1, 0.15) is 24.8 Å². The smallest absolute Gasteiger partial charge is 0.471 e. The van der Waals surface area contributed by atoms with Gasteiger partial charge in [-0.25, -0.2) is 9.59 Å². The van der Waals surface area contributed by atoms with Crippen LogP contribution >= 0.6 is 0 Å². The van der Waals surface area contributed by atoms with Gasteiger partial charge in [-0.3, -0.25) is 4.79 Å². The first kappa shape index (κ1) is 21.3. The lowest BCUT2D eigenvalue weighted by molar-refractivity contribution is -0.173. The summed E-state index contributed by atoms with van der Waals surface area (Å²) in [6.45, 7) is -0.272. The number of alkyl halides is 3. The van der Waals surface area contributed by atoms with Crippen LogP contribution < -0.4 is 10.6 Å². The molecule has 0 fully saturated rings. The molecule has 0 bridgehead atoms. The van der Waals surface area contributed by atoms with Crippen LogP contribution in [-0.4, -0.2) is 41.8 Å². The summed E-state index contributed by atoms with van der Waals surface area (Å²) in [5, 5.41) is 12.9. The number of nitrogens with one attached hydrogen (secondary N) is 2. The zero-order valence-electron chi connectivity index (χ0n) is 13.7. The highest BCUT2D eigenvalue weighted by Crippen LogP contribution is 2.14. The molecule has 1 aromatic rings. The van der Waals surface area contributed by atoms with E-state index in [0.29, 0.717) is 0 Å². The summed E-state index contributed by atoms with van der Waals surface area (Å²) >= 11 is 0. The molecule has 3 N–H and O–H groups in total. The molecule has 1 rings (SSSR count). The van der Waals surface area contributed by atoms with Crippen LogP contribution in [0.5, 0.6) is 0 Å². The maximum Gasteiger partial charge on any atom is 0.471 e. The number of hydrogen-bond donors (Lipinski definition) is 3. The van der Waals surface area contributed by atoms with Crippen molar-refractivity contribution in [2.24, 2.45) is 0 Å². The summed E-state index contributed by atoms with van der Waals surface area (Å²) in [6, 6.07) is 7.54. The van der Waals surface area contributed by atoms with E-state index >= 15 is 0 Å². The number of carbonyl (C=O) groups excluding carboxylic acids is 2. The van der Waals surface area contributed by atoms with Crippen molar-refractivity contribution in [1.29, 1.82) is 0 Å². The van der Waals surface area contributed by atoms with Gasteiger partial charge in [-0.2, -0.15) is 13.2 Å². The molecule has 1 aromatic carbocycles. The van der Waals surface area contributed by atoms with Crippen LogP contribution in [0.25, 0.3) is 0 Å². The topological polar surface area (TPSA) is 105 Å². The largest absolute Gasteiger partial charge is 0.480 e. The van der Waals surface area contributed by atoms with E-state index in [1.54, 1.807) is 35.6 Å². The maximum atomic E-state index is 12.0. The fourth-order valence-electron chi connectivity index (χ4n) is 1.94. The van der Waals surface area contributed by atoms with Crippen LogP contribution in [-0.2, 0) is 20.9 Å². The Balaban J connectivity index is 2.29. The average Bonchev–Trinajstić information content (AvgIpc) is 2.58. The molecule has 2 amide bonds. The van der Waals surface area contributed by atoms with Gasteiger partial charge in [0.25, 0.3) is 0 Å². The van der Waals surface area contributed by atoms with E-state index in [-0.39, 0.29) is 32.4 Å². The minimum atomic E-state index is -4.95. The number of alkyl carbamates (subject to hydrolysis) is 1. The van der Waals surface area contributed by atoms with Crippen molar-refractivity contribution in [2.45, 2.75) is 38.1 Å². The lowest BCUT2D eigenvalue weighted by Crippen LogP contribution is -2.41. The predicted octanol–water partition coefficient (Wildman–Crippen LogP) is 2.21. The van der Waals surface area contributed by atoms with Crippen molar-refractivity contribution in [1.82, 2.24) is 10.6 Å². The molecule has 144 valence electrons. The molecule has 0 saturated carbocycles. The highest BCUT2D eigenvalue weighted by Gasteiger charge is 2.38. The third-order valence-corrected chi connectivity index (χ3v) is 3.27. The third kappa shape index (κ3) is 8.36. The van der Waals surface area contributed by atoms with Crippen molar-refractivity contribution in [3.8, 4) is 0 Å². The maximum absolute atomic E-state index is 12.0. The Labute approximate surface area is 147 Å². The van der Waals surface area contributed by atoms with Crippen molar-refractivity contribution < 1.29 is 37.4 Å². The lowest BCUT2D eigenvalue weighted by Gasteiger charge is -2.15. The standard InChI is InChI=1S/C16H19F3N2O5/c17-16(18,19)14(24)20-9-5-4-8-12(13(22)23)21-15(25)26-10-11-6-2-1-3-7-11/h1-3,6-7,12H,4-5,8-10H2,(H,20,24)(H,21,25)(H,22,23). The Morgan fingerprint density at radius 1 is 1.12 bits per heavy atom. The molecule has 1 atom stereocenters. The normalized spacial score (nSPS) is 12.1. The summed E-state index contributed by atoms with van der Waals surface area (Å²) in [6.07, 6.45) is -5.56. The van der Waals surface area contributed by atoms with E-state index in [1.807, 2.05) is 0 Å². The Morgan fingerprint density at radius 3 is 2.35 bits per heavy atom. The minimum absolute atomic E-state index is 0.0162. The summed E-state index contributed by atoms with van der Waals surface area (Å²) in [7, 11) is 0. The monoisotopic (exact) mass is 376 g/mol. The molecule has 0 spiro atoms. The number of halogens is 3. The number of unbranched alkanes of at least 4 members (excludes halogenated alkanes) is 1. The molecule has 10 heteroatoms. The van der Waals surface area contributed by atoms with E-state index < -0.39 is 30.2 Å². The lowest BCUT2D eigenvalue weighted by atomic mass is 10.1. The molecule has 0 aliphatic rings. The van der Waals surface area contributed by atoms with Gasteiger partial charge in [-0.05, 0) is 24.8 Å². The third-order valence-electron chi connectivity index (χ3n) is 3.27. The summed E-state index contributed by atoms with van der Waals surface area (Å²) in [5.74, 6) is -3.34. The summed E-state index contributed by atoms with van der Waals surface area (Å²) < 4.78 is 40.8. The van der Waals surface area contributed by atoms with E-state index in [0.717, 1.165) is 5.56 Å². The van der Waals surface area contributed by atoms with Crippen LogP contribution in [0.4, 0.5) is 18.0 Å². The predicted molar refractivity (Wildman–Crippen MR) is 84.1 cm³/mol. The van der Waals surface area contributed by atoms with Gasteiger partial charge < -0.3 is 20.5 Å². The molecule has 0 saturated heterocycles. The molecule has 0 radical (unpaired) electrons. The molecular weight excluding hydrogens is 357 g/mol. The van der Waals surface area contributed by atoms with E-state index in [1.165, 1.54) is 0 Å². The molecule has 0 aliphatic carbocycles. The zero-order chi connectivity index (χ0) is 19.6. The molecule has 1 unspecified atom stereocenters. The average molecular weight is 376 g/mol. The van der Waals surface area contributed by atoms with Gasteiger partial charge in [-0.1, -0.05) is 30.3 Å². The Bertz CT molecular complexity index is 608. The number of carboxylic acids is 1. The van der Waals surface area contributed by atoms with Gasteiger partial charge in [-0.15, -0.1) is 0 Å². The van der Waals surface area contributed by atoms with Gasteiger partial charge in [0.2, 0.25) is 0 Å². The van der Waals surface area contributed by atoms with Crippen LogP contribution in [0, 0.1) is 0 Å². The Morgan fingerprint density at radius 2 is 1.77 bits per heavy atom. The van der Waals surface area contributed by atoms with Crippen molar-refractivity contribution in [2.75, 3.05) is 6.54 Å². The highest BCUT2D eigenvalue weighted by molar-refractivity contribution is 5.81. The summed E-state index contributed by atoms with van der Waals surface area (Å²) in [5.41, 5.74) is 0.731. The van der Waals surface area contributed by atoms with Crippen molar-refractivity contribution in [3.63, 3.8) is 0 Å². The van der Waals surface area contributed by atoms with Gasteiger partial charge in [0, 0.05) is 6.54 Å². The molecule has 26 heavy (non-hydrogen) atoms. The highest BCUT2D eigenvalue weighted by atomic mass is 19.4. The Hall–Kier alpha value is -2.78. The Kier molecular flexibility index (Phi) is 8.40. The zero-order valence-corrected chi connectivity index (χ0v) is 13.7. The second-order valence-corrected chi connectivity index (χ2v) is 5.35. The number of hydrogen-bond acceptors (Lipinski definition) is 4. The molecule has 0 heterocycles. The summed E-state index contributed by atoms with van der Waals surface area (Å²) in [4.78, 5) is 33.4. The number of benzene rings is 1. The van der Waals surface area contributed by atoms with Gasteiger partial charge in [0.05, 0.1) is 0 Å². The first-order valence-electron chi connectivity index (χ1n) is 7.75. The van der Waals surface area contributed by atoms with Crippen LogP contribution in [0.3, 0.4) is 0 Å². The van der Waals surface area contributed by atoms with E-state index in [9.17, 15) is 27.6 Å². The van der Waals surface area contributed by atoms with E-state index in [2.05, 4.69) is 5.32 Å². The number of carboxylic acid groups (broad SMARTS) is 1. The number of rotatable bonds is 9. The molecule has 0 aliphatic heterocycles. The second kappa shape index (κ2) is 10.3. The first-order chi connectivity index (χ1) is 12.2. The second-order valence-electron chi connectivity index (χ2n) is 5.35. The number of amides is 2.